The SMILES string of the molecule is CN(C)NCCOc1cccc(C(=O)O)c1. The molecular formula is C11H16N2O3. The molecule has 16 heavy (non-hydrogen) atoms. The first-order chi connectivity index (χ1) is 7.59. The highest BCUT2D eigenvalue weighted by Crippen LogP contribution is 2.12. The third kappa shape index (κ3) is 4.29. The molecule has 0 fully saturated rings. The standard InChI is InChI=1S/C11H16N2O3/c1-13(2)12-6-7-16-10-5-3-4-9(8-10)11(14)15/h3-5,8,12H,6-7H2,1-2H3,(H,14,15). The Kier molecular flexibility index (Phi) is 4.75. The van der Waals surface area contributed by atoms with E-state index < -0.39 is 5.97 Å². The third-order valence-electron chi connectivity index (χ3n) is 1.88. The summed E-state index contributed by atoms with van der Waals surface area (Å²) < 4.78 is 5.39. The molecule has 1 rings (SSSR count). The van der Waals surface area contributed by atoms with Gasteiger partial charge >= 0.3 is 5.97 Å². The number of rotatable bonds is 6. The van der Waals surface area contributed by atoms with Gasteiger partial charge in [-0.05, 0) is 18.2 Å². The molecule has 0 spiro atoms. The summed E-state index contributed by atoms with van der Waals surface area (Å²) in [5, 5.41) is 10.6. The third-order valence-corrected chi connectivity index (χ3v) is 1.88. The quantitative estimate of drug-likeness (QED) is 0.553. The summed E-state index contributed by atoms with van der Waals surface area (Å²) in [7, 11) is 3.79. The van der Waals surface area contributed by atoms with Crippen molar-refractivity contribution < 1.29 is 14.6 Å². The fourth-order valence-corrected chi connectivity index (χ4v) is 1.16. The minimum atomic E-state index is -0.947. The van der Waals surface area contributed by atoms with Gasteiger partial charge < -0.3 is 9.84 Å². The molecule has 5 nitrogen and oxygen atoms in total. The first kappa shape index (κ1) is 12.5. The molecule has 0 saturated carbocycles. The Bertz CT molecular complexity index is 353. The first-order valence-electron chi connectivity index (χ1n) is 4.96. The van der Waals surface area contributed by atoms with Crippen LogP contribution in [0.5, 0.6) is 5.75 Å². The molecule has 88 valence electrons. The molecule has 0 amide bonds. The van der Waals surface area contributed by atoms with Crippen LogP contribution in [0.3, 0.4) is 0 Å². The summed E-state index contributed by atoms with van der Waals surface area (Å²) >= 11 is 0. The van der Waals surface area contributed by atoms with Crippen molar-refractivity contribution in [3.05, 3.63) is 29.8 Å². The van der Waals surface area contributed by atoms with E-state index in [4.69, 9.17) is 9.84 Å². The number of nitrogens with one attached hydrogen (secondary N) is 1. The fraction of sp³-hybridized carbons (Fsp3) is 0.364. The van der Waals surface area contributed by atoms with Gasteiger partial charge in [-0.3, -0.25) is 10.4 Å². The monoisotopic (exact) mass is 224 g/mol. The maximum Gasteiger partial charge on any atom is 0.335 e. The largest absolute Gasteiger partial charge is 0.492 e. The Hall–Kier alpha value is -1.59. The predicted octanol–water partition coefficient (Wildman–Crippen LogP) is 0.830. The minimum absolute atomic E-state index is 0.234. The number of carboxylic acids is 1. The van der Waals surface area contributed by atoms with Gasteiger partial charge in [0.25, 0.3) is 0 Å². The molecular weight excluding hydrogens is 208 g/mol. The normalized spacial score (nSPS) is 10.4. The van der Waals surface area contributed by atoms with Gasteiger partial charge in [0.1, 0.15) is 12.4 Å². The van der Waals surface area contributed by atoms with E-state index in [0.29, 0.717) is 18.9 Å². The maximum absolute atomic E-state index is 10.7. The van der Waals surface area contributed by atoms with E-state index in [0.717, 1.165) is 0 Å². The second-order valence-electron chi connectivity index (χ2n) is 3.48. The molecule has 0 unspecified atom stereocenters. The lowest BCUT2D eigenvalue weighted by molar-refractivity contribution is 0.0696. The number of hydrazine groups is 1. The van der Waals surface area contributed by atoms with Gasteiger partial charge in [0.05, 0.1) is 5.56 Å². The van der Waals surface area contributed by atoms with Crippen LogP contribution in [0.15, 0.2) is 24.3 Å². The van der Waals surface area contributed by atoms with Crippen molar-refractivity contribution in [2.45, 2.75) is 0 Å². The van der Waals surface area contributed by atoms with Crippen molar-refractivity contribution in [3.63, 3.8) is 0 Å². The van der Waals surface area contributed by atoms with Crippen LogP contribution in [-0.4, -0.2) is 43.3 Å². The number of benzene rings is 1. The van der Waals surface area contributed by atoms with Gasteiger partial charge in [-0.15, -0.1) is 0 Å². The molecule has 0 saturated heterocycles. The number of nitrogens with zero attached hydrogens (tertiary/aromatic N) is 1. The summed E-state index contributed by atoms with van der Waals surface area (Å²) in [5.74, 6) is -0.377. The van der Waals surface area contributed by atoms with Crippen LogP contribution in [0.2, 0.25) is 0 Å². The maximum atomic E-state index is 10.7. The Balaban J connectivity index is 2.42. The molecule has 0 aliphatic carbocycles. The van der Waals surface area contributed by atoms with Crippen LogP contribution < -0.4 is 10.2 Å². The summed E-state index contributed by atoms with van der Waals surface area (Å²) in [4.78, 5) is 10.7. The molecule has 1 aromatic rings. The van der Waals surface area contributed by atoms with Crippen molar-refractivity contribution in [1.29, 1.82) is 0 Å². The lowest BCUT2D eigenvalue weighted by Crippen LogP contribution is -2.33. The summed E-state index contributed by atoms with van der Waals surface area (Å²) in [5.41, 5.74) is 3.28. The second-order valence-corrected chi connectivity index (χ2v) is 3.48. The molecule has 0 aromatic heterocycles. The molecule has 0 aliphatic heterocycles. The fourth-order valence-electron chi connectivity index (χ4n) is 1.16. The lowest BCUT2D eigenvalue weighted by atomic mass is 10.2. The Morgan fingerprint density at radius 3 is 2.88 bits per heavy atom. The van der Waals surface area contributed by atoms with Crippen LogP contribution >= 0.6 is 0 Å². The lowest BCUT2D eigenvalue weighted by Gasteiger charge is -2.12. The van der Waals surface area contributed by atoms with Crippen molar-refractivity contribution in [1.82, 2.24) is 10.4 Å². The van der Waals surface area contributed by atoms with Crippen LogP contribution in [0.4, 0.5) is 0 Å². The molecule has 1 aromatic carbocycles. The molecule has 5 heteroatoms. The molecule has 0 heterocycles. The van der Waals surface area contributed by atoms with E-state index in [1.807, 2.05) is 19.1 Å². The molecule has 0 radical (unpaired) electrons. The van der Waals surface area contributed by atoms with Crippen molar-refractivity contribution in [2.75, 3.05) is 27.2 Å². The number of ether oxygens (including phenoxy) is 1. The molecule has 0 atom stereocenters. The highest BCUT2D eigenvalue weighted by Gasteiger charge is 2.03. The van der Waals surface area contributed by atoms with Crippen molar-refractivity contribution in [2.24, 2.45) is 0 Å². The average Bonchev–Trinajstić information content (AvgIpc) is 2.24. The van der Waals surface area contributed by atoms with Crippen molar-refractivity contribution in [3.8, 4) is 5.75 Å². The minimum Gasteiger partial charge on any atom is -0.492 e. The van der Waals surface area contributed by atoms with E-state index in [1.165, 1.54) is 12.1 Å². The predicted molar refractivity (Wildman–Crippen MR) is 60.6 cm³/mol. The van der Waals surface area contributed by atoms with Gasteiger partial charge in [-0.2, -0.15) is 0 Å². The Labute approximate surface area is 94.6 Å². The highest BCUT2D eigenvalue weighted by atomic mass is 16.5. The van der Waals surface area contributed by atoms with Crippen LogP contribution in [-0.2, 0) is 0 Å². The van der Waals surface area contributed by atoms with Gasteiger partial charge in [0, 0.05) is 20.6 Å². The summed E-state index contributed by atoms with van der Waals surface area (Å²) in [6.07, 6.45) is 0. The van der Waals surface area contributed by atoms with Crippen LogP contribution in [0, 0.1) is 0 Å². The second kappa shape index (κ2) is 6.09. The topological polar surface area (TPSA) is 61.8 Å². The molecule has 0 bridgehead atoms. The van der Waals surface area contributed by atoms with E-state index in [2.05, 4.69) is 5.43 Å². The number of carboxylic acid groups (broad SMARTS) is 1. The van der Waals surface area contributed by atoms with E-state index >= 15 is 0 Å². The van der Waals surface area contributed by atoms with Crippen LogP contribution in [0.1, 0.15) is 10.4 Å². The Morgan fingerprint density at radius 1 is 1.50 bits per heavy atom. The number of aromatic carboxylic acids is 1. The van der Waals surface area contributed by atoms with Gasteiger partial charge in [0.2, 0.25) is 0 Å². The van der Waals surface area contributed by atoms with E-state index in [-0.39, 0.29) is 5.56 Å². The Morgan fingerprint density at radius 2 is 2.25 bits per heavy atom. The van der Waals surface area contributed by atoms with E-state index in [9.17, 15) is 4.79 Å². The van der Waals surface area contributed by atoms with E-state index in [1.54, 1.807) is 12.1 Å². The smallest absolute Gasteiger partial charge is 0.335 e. The number of hydrogen-bond acceptors (Lipinski definition) is 4. The number of hydrogen-bond donors (Lipinski definition) is 2. The summed E-state index contributed by atoms with van der Waals surface area (Å²) in [6, 6.07) is 6.45. The zero-order valence-corrected chi connectivity index (χ0v) is 9.43. The zero-order chi connectivity index (χ0) is 12.0. The van der Waals surface area contributed by atoms with Gasteiger partial charge in [-0.1, -0.05) is 6.07 Å². The average molecular weight is 224 g/mol. The van der Waals surface area contributed by atoms with Gasteiger partial charge in [-0.25, -0.2) is 4.79 Å². The van der Waals surface area contributed by atoms with Crippen molar-refractivity contribution >= 4 is 5.97 Å². The molecule has 0 aliphatic rings. The van der Waals surface area contributed by atoms with Gasteiger partial charge in [0.15, 0.2) is 0 Å². The summed E-state index contributed by atoms with van der Waals surface area (Å²) in [6.45, 7) is 1.16. The zero-order valence-electron chi connectivity index (χ0n) is 9.43. The first-order valence-corrected chi connectivity index (χ1v) is 4.96. The van der Waals surface area contributed by atoms with Crippen LogP contribution in [0.25, 0.3) is 0 Å². The molecule has 2 N–H and O–H groups in total. The number of carbonyl (C=O) groups is 1. The highest BCUT2D eigenvalue weighted by molar-refractivity contribution is 5.87.